The van der Waals surface area contributed by atoms with Gasteiger partial charge in [0.2, 0.25) is 11.9 Å². The van der Waals surface area contributed by atoms with Gasteiger partial charge in [-0.1, -0.05) is 6.07 Å². The minimum atomic E-state index is -0.441. The molecule has 0 unspecified atom stereocenters. The van der Waals surface area contributed by atoms with Crippen LogP contribution in [-0.4, -0.2) is 63.9 Å². The Kier molecular flexibility index (Phi) is 5.23. The van der Waals surface area contributed by atoms with Crippen molar-refractivity contribution in [1.29, 1.82) is 0 Å². The van der Waals surface area contributed by atoms with E-state index in [1.807, 2.05) is 41.4 Å². The normalized spacial score (nSPS) is 18.3. The Morgan fingerprint density at radius 2 is 2.18 bits per heavy atom. The molecule has 0 aromatic carbocycles. The number of ether oxygens (including phenoxy) is 1. The molecule has 4 heterocycles. The van der Waals surface area contributed by atoms with Crippen LogP contribution in [0.15, 0.2) is 30.7 Å². The summed E-state index contributed by atoms with van der Waals surface area (Å²) < 4.78 is 6.17. The van der Waals surface area contributed by atoms with E-state index in [0.717, 1.165) is 36.1 Å². The molecule has 0 radical (unpaired) electrons. The first-order chi connectivity index (χ1) is 13.6. The minimum absolute atomic E-state index is 0.138. The fraction of sp³-hybridized carbons (Fsp3) is 0.500. The number of hydrogen-bond acceptors (Lipinski definition) is 7. The molecule has 2 N–H and O–H groups in total. The van der Waals surface area contributed by atoms with Gasteiger partial charge in [-0.05, 0) is 43.5 Å². The van der Waals surface area contributed by atoms with Crippen molar-refractivity contribution in [3.63, 3.8) is 0 Å². The third kappa shape index (κ3) is 3.83. The number of fused-ring (bicyclic) bond motifs is 2. The van der Waals surface area contributed by atoms with Crippen LogP contribution < -0.4 is 5.73 Å². The molecule has 2 aromatic heterocycles. The van der Waals surface area contributed by atoms with Gasteiger partial charge in [0.1, 0.15) is 5.60 Å². The Morgan fingerprint density at radius 1 is 1.36 bits per heavy atom. The Bertz CT molecular complexity index is 836. The number of rotatable bonds is 4. The van der Waals surface area contributed by atoms with Gasteiger partial charge < -0.3 is 15.4 Å². The van der Waals surface area contributed by atoms with Crippen LogP contribution >= 0.6 is 0 Å². The molecule has 148 valence electrons. The number of piperidine rings is 1. The molecule has 28 heavy (non-hydrogen) atoms. The topological polar surface area (TPSA) is 97.5 Å². The summed E-state index contributed by atoms with van der Waals surface area (Å²) in [5.41, 5.74) is 8.49. The number of hydrogen-bond donors (Lipinski definition) is 1. The summed E-state index contributed by atoms with van der Waals surface area (Å²) in [5.74, 6) is 0.415. The van der Waals surface area contributed by atoms with Gasteiger partial charge in [0, 0.05) is 38.2 Å². The van der Waals surface area contributed by atoms with Crippen molar-refractivity contribution in [1.82, 2.24) is 24.8 Å². The number of nitrogens with zero attached hydrogens (tertiary/aromatic N) is 5. The second-order valence-corrected chi connectivity index (χ2v) is 7.61. The van der Waals surface area contributed by atoms with Crippen molar-refractivity contribution in [2.45, 2.75) is 31.4 Å². The van der Waals surface area contributed by atoms with Gasteiger partial charge in [-0.25, -0.2) is 9.97 Å². The number of likely N-dealkylation sites (N-methyl/N-ethyl adjacent to an activating group) is 1. The highest BCUT2D eigenvalue weighted by molar-refractivity contribution is 5.78. The molecule has 2 aliphatic rings. The van der Waals surface area contributed by atoms with Crippen molar-refractivity contribution in [3.8, 4) is 0 Å². The first-order valence-corrected chi connectivity index (χ1v) is 9.67. The molecule has 2 aliphatic heterocycles. The quantitative estimate of drug-likeness (QED) is 0.842. The van der Waals surface area contributed by atoms with E-state index < -0.39 is 5.60 Å². The lowest BCUT2D eigenvalue weighted by molar-refractivity contribution is -0.142. The first kappa shape index (κ1) is 18.8. The number of anilines is 1. The van der Waals surface area contributed by atoms with Crippen LogP contribution in [0.1, 0.15) is 29.7 Å². The average Bonchev–Trinajstić information content (AvgIpc) is 2.70. The van der Waals surface area contributed by atoms with Gasteiger partial charge in [0.25, 0.3) is 0 Å². The highest BCUT2D eigenvalue weighted by Crippen LogP contribution is 2.40. The molecule has 0 bridgehead atoms. The van der Waals surface area contributed by atoms with Crippen molar-refractivity contribution < 1.29 is 9.53 Å². The smallest absolute Gasteiger partial charge is 0.236 e. The first-order valence-electron chi connectivity index (χ1n) is 9.67. The zero-order valence-electron chi connectivity index (χ0n) is 16.2. The molecular formula is C20H26N6O2. The minimum Gasteiger partial charge on any atom is -0.368 e. The van der Waals surface area contributed by atoms with Crippen molar-refractivity contribution in [2.24, 2.45) is 0 Å². The molecule has 8 nitrogen and oxygen atoms in total. The summed E-state index contributed by atoms with van der Waals surface area (Å²) in [6.07, 6.45) is 7.66. The second kappa shape index (κ2) is 7.81. The van der Waals surface area contributed by atoms with E-state index in [-0.39, 0.29) is 11.9 Å². The van der Waals surface area contributed by atoms with Gasteiger partial charge in [-0.2, -0.15) is 0 Å². The summed E-state index contributed by atoms with van der Waals surface area (Å²) in [7, 11) is 1.95. The lowest BCUT2D eigenvalue weighted by Gasteiger charge is -2.44. The molecule has 0 atom stereocenters. The summed E-state index contributed by atoms with van der Waals surface area (Å²) in [5, 5.41) is 0. The summed E-state index contributed by atoms with van der Waals surface area (Å²) in [6, 6.07) is 3.93. The van der Waals surface area contributed by atoms with Crippen molar-refractivity contribution in [3.05, 3.63) is 47.5 Å². The van der Waals surface area contributed by atoms with Crippen LogP contribution in [0.5, 0.6) is 0 Å². The van der Waals surface area contributed by atoms with Crippen LogP contribution in [0.2, 0.25) is 0 Å². The van der Waals surface area contributed by atoms with E-state index in [2.05, 4.69) is 15.0 Å². The molecule has 2 aromatic rings. The number of pyridine rings is 1. The Balaban J connectivity index is 1.37. The summed E-state index contributed by atoms with van der Waals surface area (Å²) in [4.78, 5) is 29.4. The third-order valence-electron chi connectivity index (χ3n) is 5.57. The number of nitrogens with two attached hydrogens (primary N) is 1. The summed E-state index contributed by atoms with van der Waals surface area (Å²) in [6.45, 7) is 3.05. The van der Waals surface area contributed by atoms with Crippen molar-refractivity contribution >= 4 is 11.9 Å². The maximum Gasteiger partial charge on any atom is 0.236 e. The van der Waals surface area contributed by atoms with Gasteiger partial charge >= 0.3 is 0 Å². The number of likely N-dealkylation sites (tertiary alicyclic amines) is 1. The lowest BCUT2D eigenvalue weighted by Crippen LogP contribution is -2.50. The van der Waals surface area contributed by atoms with E-state index in [1.54, 1.807) is 6.20 Å². The van der Waals surface area contributed by atoms with Gasteiger partial charge in [-0.15, -0.1) is 0 Å². The van der Waals surface area contributed by atoms with E-state index in [0.29, 0.717) is 32.8 Å². The molecule has 4 rings (SSSR count). The lowest BCUT2D eigenvalue weighted by atomic mass is 9.83. The maximum absolute atomic E-state index is 12.8. The van der Waals surface area contributed by atoms with Crippen LogP contribution in [0.25, 0.3) is 0 Å². The highest BCUT2D eigenvalue weighted by atomic mass is 16.5. The fourth-order valence-electron chi connectivity index (χ4n) is 4.11. The standard InChI is InChI=1S/C20H26N6O2/c1-25(13-15-3-2-7-22-11-15)14-17(27)26-8-5-20(6-9-26)18-16(4-10-28-20)12-23-19(21)24-18/h2-3,7,11-12H,4-6,8-10,13-14H2,1H3,(H2,21,23,24). The zero-order valence-corrected chi connectivity index (χ0v) is 16.2. The SMILES string of the molecule is CN(CC(=O)N1CCC2(CC1)OCCc1cnc(N)nc12)Cc1cccnc1. The van der Waals surface area contributed by atoms with Gasteiger partial charge in [-0.3, -0.25) is 14.7 Å². The largest absolute Gasteiger partial charge is 0.368 e. The number of carbonyl (C=O) groups is 1. The summed E-state index contributed by atoms with van der Waals surface area (Å²) >= 11 is 0. The second-order valence-electron chi connectivity index (χ2n) is 7.61. The monoisotopic (exact) mass is 382 g/mol. The van der Waals surface area contributed by atoms with E-state index >= 15 is 0 Å². The third-order valence-corrected chi connectivity index (χ3v) is 5.57. The molecule has 1 spiro atoms. The molecule has 1 amide bonds. The van der Waals surface area contributed by atoms with Gasteiger partial charge in [0.15, 0.2) is 0 Å². The number of nitrogen functional groups attached to an aromatic ring is 1. The predicted molar refractivity (Wildman–Crippen MR) is 104 cm³/mol. The average molecular weight is 382 g/mol. The van der Waals surface area contributed by atoms with Crippen LogP contribution in [0.4, 0.5) is 5.95 Å². The van der Waals surface area contributed by atoms with E-state index in [9.17, 15) is 4.79 Å². The predicted octanol–water partition coefficient (Wildman–Crippen LogP) is 0.976. The molecule has 0 saturated carbocycles. The van der Waals surface area contributed by atoms with Crippen molar-refractivity contribution in [2.75, 3.05) is 39.0 Å². The molecular weight excluding hydrogens is 356 g/mol. The highest BCUT2D eigenvalue weighted by Gasteiger charge is 2.43. The molecule has 1 fully saturated rings. The number of amides is 1. The Morgan fingerprint density at radius 3 is 2.93 bits per heavy atom. The van der Waals surface area contributed by atoms with Crippen LogP contribution in [0, 0.1) is 0 Å². The number of aromatic nitrogens is 3. The van der Waals surface area contributed by atoms with Crippen LogP contribution in [-0.2, 0) is 28.1 Å². The van der Waals surface area contributed by atoms with Gasteiger partial charge in [0.05, 0.1) is 18.8 Å². The number of carbonyl (C=O) groups excluding carboxylic acids is 1. The maximum atomic E-state index is 12.8. The zero-order chi connectivity index (χ0) is 19.6. The molecule has 0 aliphatic carbocycles. The Labute approximate surface area is 164 Å². The van der Waals surface area contributed by atoms with E-state index in [1.165, 1.54) is 0 Å². The fourth-order valence-corrected chi connectivity index (χ4v) is 4.11. The van der Waals surface area contributed by atoms with Crippen LogP contribution in [0.3, 0.4) is 0 Å². The van der Waals surface area contributed by atoms with E-state index in [4.69, 9.17) is 10.5 Å². The molecule has 1 saturated heterocycles. The molecule has 8 heteroatoms. The Hall–Kier alpha value is -2.58.